The van der Waals surface area contributed by atoms with Crippen molar-refractivity contribution >= 4 is 42.8 Å². The molecule has 4 aromatic rings. The van der Waals surface area contributed by atoms with Gasteiger partial charge in [0, 0.05) is 6.20 Å². The fourth-order valence-corrected chi connectivity index (χ4v) is 5.77. The molecule has 0 aliphatic rings. The monoisotopic (exact) mass is 555 g/mol. The molecule has 1 atom stereocenters. The largest absolute Gasteiger partial charge is 0.484 e. The molecule has 0 saturated heterocycles. The van der Waals surface area contributed by atoms with E-state index in [4.69, 9.17) is 20.8 Å². The second kappa shape index (κ2) is 11.0. The average molecular weight is 556 g/mol. The van der Waals surface area contributed by atoms with Gasteiger partial charge >= 0.3 is 0 Å². The van der Waals surface area contributed by atoms with Crippen LogP contribution in [0.25, 0.3) is 5.65 Å². The van der Waals surface area contributed by atoms with Crippen LogP contribution in [0.15, 0.2) is 60.1 Å². The minimum absolute atomic E-state index is 0.0697. The zero-order valence-electron chi connectivity index (χ0n) is 22.2. The van der Waals surface area contributed by atoms with Crippen molar-refractivity contribution in [3.63, 3.8) is 0 Å². The van der Waals surface area contributed by atoms with Crippen LogP contribution in [0.3, 0.4) is 0 Å². The lowest BCUT2D eigenvalue weighted by Crippen LogP contribution is -2.43. The lowest BCUT2D eigenvalue weighted by atomic mass is 10.1. The lowest BCUT2D eigenvalue weighted by molar-refractivity contribution is 0.0911. The Morgan fingerprint density at radius 2 is 1.89 bits per heavy atom. The molecule has 4 rings (SSSR count). The normalized spacial score (nSPS) is 13.1. The number of carbonyl (C=O) groups is 1. The first-order chi connectivity index (χ1) is 17.5. The van der Waals surface area contributed by atoms with Crippen LogP contribution < -0.4 is 10.1 Å². The number of nitrogens with zero attached hydrogens (tertiary/aromatic N) is 2. The van der Waals surface area contributed by atoms with E-state index in [1.807, 2.05) is 67.0 Å². The molecule has 6 nitrogen and oxygen atoms in total. The van der Waals surface area contributed by atoms with Crippen molar-refractivity contribution in [1.29, 1.82) is 0 Å². The van der Waals surface area contributed by atoms with Gasteiger partial charge in [-0.15, -0.1) is 11.3 Å². The van der Waals surface area contributed by atoms with Crippen molar-refractivity contribution < 1.29 is 14.0 Å². The number of ether oxygens (including phenoxy) is 1. The summed E-state index contributed by atoms with van der Waals surface area (Å²) in [4.78, 5) is 19.3. The maximum absolute atomic E-state index is 13.7. The molecule has 37 heavy (non-hydrogen) atoms. The maximum Gasteiger partial charge on any atom is 0.270 e. The smallest absolute Gasteiger partial charge is 0.270 e. The highest BCUT2D eigenvalue weighted by Gasteiger charge is 2.38. The van der Waals surface area contributed by atoms with E-state index in [-0.39, 0.29) is 17.0 Å². The fraction of sp³-hybridized carbons (Fsp3) is 0.357. The number of hydrogen-bond donors (Lipinski definition) is 1. The molecule has 3 heterocycles. The molecule has 0 aliphatic carbocycles. The molecule has 0 fully saturated rings. The number of thiophene rings is 1. The third-order valence-corrected chi connectivity index (χ3v) is 12.8. The molecule has 1 aromatic carbocycles. The number of aryl methyl sites for hydroxylation is 1. The molecule has 1 amide bonds. The number of aromatic nitrogens is 2. The number of imidazole rings is 1. The molecule has 9 heteroatoms. The van der Waals surface area contributed by atoms with Crippen LogP contribution in [0, 0.1) is 6.92 Å². The van der Waals surface area contributed by atoms with Crippen LogP contribution in [0.1, 0.15) is 53.4 Å². The minimum atomic E-state index is -2.01. The molecule has 3 aromatic heterocycles. The average Bonchev–Trinajstić information content (AvgIpc) is 3.41. The highest BCUT2D eigenvalue weighted by atomic mass is 35.5. The number of rotatable bonds is 9. The number of fused-ring (bicyclic) bond motifs is 1. The van der Waals surface area contributed by atoms with Gasteiger partial charge in [0.15, 0.2) is 19.7 Å². The molecule has 0 unspecified atom stereocenters. The number of amides is 1. The summed E-state index contributed by atoms with van der Waals surface area (Å²) in [6, 6.07) is 15.2. The van der Waals surface area contributed by atoms with Crippen molar-refractivity contribution in [1.82, 2.24) is 14.7 Å². The van der Waals surface area contributed by atoms with Gasteiger partial charge in [0.25, 0.3) is 5.91 Å². The molecule has 0 radical (unpaired) electrons. The summed E-state index contributed by atoms with van der Waals surface area (Å²) in [7, 11) is -2.01. The molecule has 0 saturated carbocycles. The van der Waals surface area contributed by atoms with Crippen LogP contribution in [-0.4, -0.2) is 30.2 Å². The Morgan fingerprint density at radius 3 is 2.54 bits per heavy atom. The summed E-state index contributed by atoms with van der Waals surface area (Å²) < 4.78 is 14.3. The Bertz CT molecular complexity index is 1380. The van der Waals surface area contributed by atoms with Gasteiger partial charge in [0.1, 0.15) is 12.3 Å². The van der Waals surface area contributed by atoms with E-state index in [1.165, 1.54) is 0 Å². The highest BCUT2D eigenvalue weighted by molar-refractivity contribution is 7.10. The maximum atomic E-state index is 13.7. The van der Waals surface area contributed by atoms with Gasteiger partial charge in [-0.2, -0.15) is 0 Å². The third kappa shape index (κ3) is 6.09. The highest BCUT2D eigenvalue weighted by Crippen LogP contribution is 2.37. The zero-order valence-corrected chi connectivity index (χ0v) is 24.7. The minimum Gasteiger partial charge on any atom is -0.484 e. The van der Waals surface area contributed by atoms with Crippen molar-refractivity contribution in [2.75, 3.05) is 6.61 Å². The molecule has 0 aliphatic heterocycles. The van der Waals surface area contributed by atoms with Crippen LogP contribution in [0.5, 0.6) is 5.75 Å². The lowest BCUT2D eigenvalue weighted by Gasteiger charge is -2.37. The molecule has 196 valence electrons. The quantitative estimate of drug-likeness (QED) is 0.218. The van der Waals surface area contributed by atoms with Crippen LogP contribution in [-0.2, 0) is 11.0 Å². The van der Waals surface area contributed by atoms with Crippen LogP contribution in [0.2, 0.25) is 23.2 Å². The Balaban J connectivity index is 1.59. The number of halogens is 1. The van der Waals surface area contributed by atoms with Crippen LogP contribution >= 0.6 is 22.9 Å². The predicted octanol–water partition coefficient (Wildman–Crippen LogP) is 7.43. The number of carbonyl (C=O) groups excluding carboxylic acids is 1. The summed E-state index contributed by atoms with van der Waals surface area (Å²) in [5.41, 5.74) is 2.69. The van der Waals surface area contributed by atoms with Gasteiger partial charge in [-0.05, 0) is 54.2 Å². The first kappa shape index (κ1) is 27.4. The van der Waals surface area contributed by atoms with Gasteiger partial charge in [-0.3, -0.25) is 9.20 Å². The molecular formula is C28H34ClN3O3SSi. The third-order valence-electron chi connectivity index (χ3n) is 6.98. The van der Waals surface area contributed by atoms with Gasteiger partial charge < -0.3 is 14.5 Å². The van der Waals surface area contributed by atoms with E-state index < -0.39 is 8.32 Å². The van der Waals surface area contributed by atoms with Gasteiger partial charge in [-0.25, -0.2) is 4.98 Å². The van der Waals surface area contributed by atoms with Gasteiger partial charge in [0.05, 0.1) is 28.2 Å². The van der Waals surface area contributed by atoms with E-state index in [0.29, 0.717) is 41.0 Å². The van der Waals surface area contributed by atoms with Crippen molar-refractivity contribution in [3.8, 4) is 5.75 Å². The Kier molecular flexibility index (Phi) is 8.13. The van der Waals surface area contributed by atoms with Crippen molar-refractivity contribution in [2.24, 2.45) is 0 Å². The SMILES string of the molecule is Cc1nc2c(OCc3sccc3Cl)cccn2c1C(=O)N[C@@H](CO[Si](C)(C)C(C)(C)C)c1ccccc1. The summed E-state index contributed by atoms with van der Waals surface area (Å²) in [6.45, 7) is 13.6. The number of nitrogens with one attached hydrogen (secondary N) is 1. The number of hydrogen-bond acceptors (Lipinski definition) is 5. The Labute approximate surface area is 228 Å². The number of pyridine rings is 1. The Morgan fingerprint density at radius 1 is 1.16 bits per heavy atom. The van der Waals surface area contributed by atoms with Gasteiger partial charge in [0.2, 0.25) is 0 Å². The summed E-state index contributed by atoms with van der Waals surface area (Å²) in [5, 5.41) is 5.90. The Hall–Kier alpha value is -2.65. The van der Waals surface area contributed by atoms with Crippen molar-refractivity contribution in [2.45, 2.75) is 58.5 Å². The first-order valence-corrected chi connectivity index (χ1v) is 16.5. The van der Waals surface area contributed by atoms with Gasteiger partial charge in [-0.1, -0.05) is 62.7 Å². The molecule has 0 bridgehead atoms. The van der Waals surface area contributed by atoms with Crippen molar-refractivity contribution in [3.05, 3.63) is 87.0 Å². The summed E-state index contributed by atoms with van der Waals surface area (Å²) >= 11 is 7.76. The number of benzene rings is 1. The standard InChI is InChI=1S/C28H34ClN3O3SSi/c1-19-25(32-15-10-13-23(26(32)30-19)34-18-24-21(29)14-16-36-24)27(33)31-22(20-11-8-7-9-12-20)17-35-37(5,6)28(2,3)4/h7-16,22H,17-18H2,1-6H3,(H,31,33)/t22-/m0/s1. The molecular weight excluding hydrogens is 522 g/mol. The summed E-state index contributed by atoms with van der Waals surface area (Å²) in [6.07, 6.45) is 1.83. The molecule has 0 spiro atoms. The van der Waals surface area contributed by atoms with E-state index in [9.17, 15) is 4.79 Å². The second-order valence-electron chi connectivity index (χ2n) is 10.6. The van der Waals surface area contributed by atoms with E-state index >= 15 is 0 Å². The van der Waals surface area contributed by atoms with Crippen LogP contribution in [0.4, 0.5) is 0 Å². The first-order valence-electron chi connectivity index (χ1n) is 12.3. The predicted molar refractivity (Wildman–Crippen MR) is 153 cm³/mol. The van der Waals surface area contributed by atoms with E-state index in [0.717, 1.165) is 10.4 Å². The van der Waals surface area contributed by atoms with E-state index in [1.54, 1.807) is 15.7 Å². The van der Waals surface area contributed by atoms with E-state index in [2.05, 4.69) is 44.2 Å². The molecule has 1 N–H and O–H groups in total. The zero-order chi connectivity index (χ0) is 26.8. The fourth-order valence-electron chi connectivity index (χ4n) is 3.75. The summed E-state index contributed by atoms with van der Waals surface area (Å²) in [5.74, 6) is 0.381. The topological polar surface area (TPSA) is 64.9 Å². The second-order valence-corrected chi connectivity index (χ2v) is 16.8.